The molecule has 0 aromatic rings. The zero-order chi connectivity index (χ0) is 10.4. The molecular formula is C11H22N2. The highest BCUT2D eigenvalue weighted by Gasteiger charge is 2.10. The molecule has 0 aromatic carbocycles. The maximum atomic E-state index is 5.85. The van der Waals surface area contributed by atoms with Crippen LogP contribution in [0.5, 0.6) is 0 Å². The summed E-state index contributed by atoms with van der Waals surface area (Å²) in [6.07, 6.45) is 6.29. The minimum atomic E-state index is 0.197. The highest BCUT2D eigenvalue weighted by molar-refractivity contribution is 5.21. The van der Waals surface area contributed by atoms with Crippen molar-refractivity contribution in [2.24, 2.45) is 11.7 Å². The first-order chi connectivity index (χ1) is 5.99. The van der Waals surface area contributed by atoms with Crippen LogP contribution in [0.2, 0.25) is 0 Å². The fourth-order valence-electron chi connectivity index (χ4n) is 1.11. The minimum Gasteiger partial charge on any atom is -0.383 e. The van der Waals surface area contributed by atoms with Crippen molar-refractivity contribution in [2.75, 3.05) is 14.1 Å². The molecule has 2 heteroatoms. The fraction of sp³-hybridized carbons (Fsp3) is 0.636. The van der Waals surface area contributed by atoms with Gasteiger partial charge >= 0.3 is 0 Å². The Hall–Kier alpha value is -0.760. The third kappa shape index (κ3) is 4.73. The van der Waals surface area contributed by atoms with Crippen molar-refractivity contribution in [3.63, 3.8) is 0 Å². The van der Waals surface area contributed by atoms with E-state index in [1.165, 1.54) is 5.57 Å². The highest BCUT2D eigenvalue weighted by atomic mass is 15.0. The summed E-state index contributed by atoms with van der Waals surface area (Å²) in [5, 5.41) is 0. The second kappa shape index (κ2) is 5.81. The molecule has 0 saturated carbocycles. The van der Waals surface area contributed by atoms with Crippen LogP contribution < -0.4 is 5.73 Å². The second-order valence-electron chi connectivity index (χ2n) is 3.74. The quantitative estimate of drug-likeness (QED) is 0.674. The summed E-state index contributed by atoms with van der Waals surface area (Å²) in [5.74, 6) is 0.401. The molecule has 13 heavy (non-hydrogen) atoms. The van der Waals surface area contributed by atoms with E-state index in [4.69, 9.17) is 5.73 Å². The summed E-state index contributed by atoms with van der Waals surface area (Å²) in [4.78, 5) is 2.05. The Balaban J connectivity index is 4.60. The molecule has 0 radical (unpaired) electrons. The molecular weight excluding hydrogens is 160 g/mol. The lowest BCUT2D eigenvalue weighted by Gasteiger charge is -2.19. The van der Waals surface area contributed by atoms with Crippen molar-refractivity contribution in [3.05, 3.63) is 23.9 Å². The molecule has 0 aliphatic rings. The van der Waals surface area contributed by atoms with Crippen molar-refractivity contribution in [2.45, 2.75) is 26.8 Å². The van der Waals surface area contributed by atoms with Crippen molar-refractivity contribution in [3.8, 4) is 0 Å². The molecule has 0 aliphatic carbocycles. The van der Waals surface area contributed by atoms with Gasteiger partial charge in [0, 0.05) is 26.3 Å². The summed E-state index contributed by atoms with van der Waals surface area (Å²) in [6, 6.07) is 0.197. The van der Waals surface area contributed by atoms with E-state index >= 15 is 0 Å². The van der Waals surface area contributed by atoms with E-state index in [9.17, 15) is 0 Å². The van der Waals surface area contributed by atoms with Gasteiger partial charge in [0.25, 0.3) is 0 Å². The van der Waals surface area contributed by atoms with E-state index < -0.39 is 0 Å². The summed E-state index contributed by atoms with van der Waals surface area (Å²) in [5.41, 5.74) is 7.13. The number of allylic oxidation sites excluding steroid dienone is 2. The van der Waals surface area contributed by atoms with E-state index in [1.807, 2.05) is 38.9 Å². The largest absolute Gasteiger partial charge is 0.383 e. The van der Waals surface area contributed by atoms with Gasteiger partial charge in [-0.2, -0.15) is 0 Å². The van der Waals surface area contributed by atoms with E-state index in [1.54, 1.807) is 0 Å². The number of nitrogens with two attached hydrogens (primary N) is 1. The third-order valence-corrected chi connectivity index (χ3v) is 2.08. The molecule has 76 valence electrons. The molecule has 2 nitrogen and oxygen atoms in total. The van der Waals surface area contributed by atoms with Crippen molar-refractivity contribution in [1.82, 2.24) is 4.90 Å². The molecule has 0 heterocycles. The van der Waals surface area contributed by atoms with Gasteiger partial charge in [0.05, 0.1) is 0 Å². The predicted molar refractivity (Wildman–Crippen MR) is 59.4 cm³/mol. The van der Waals surface area contributed by atoms with Crippen LogP contribution in [0.1, 0.15) is 20.8 Å². The Labute approximate surface area is 82.1 Å². The van der Waals surface area contributed by atoms with E-state index in [2.05, 4.69) is 19.2 Å². The smallest absolute Gasteiger partial charge is 0.00772 e. The van der Waals surface area contributed by atoms with Gasteiger partial charge in [0.2, 0.25) is 0 Å². The Morgan fingerprint density at radius 3 is 2.15 bits per heavy atom. The highest BCUT2D eigenvalue weighted by Crippen LogP contribution is 2.15. The monoisotopic (exact) mass is 182 g/mol. The first kappa shape index (κ1) is 12.2. The normalized spacial score (nSPS) is 17.5. The van der Waals surface area contributed by atoms with Gasteiger partial charge in [-0.1, -0.05) is 19.1 Å². The Morgan fingerprint density at radius 1 is 1.31 bits per heavy atom. The third-order valence-electron chi connectivity index (χ3n) is 2.08. The fourth-order valence-corrected chi connectivity index (χ4v) is 1.11. The lowest BCUT2D eigenvalue weighted by molar-refractivity contribution is 0.518. The number of rotatable bonds is 4. The van der Waals surface area contributed by atoms with Crippen molar-refractivity contribution < 1.29 is 0 Å². The molecule has 0 bridgehead atoms. The van der Waals surface area contributed by atoms with Crippen LogP contribution in [0, 0.1) is 5.92 Å². The molecule has 0 spiro atoms. The van der Waals surface area contributed by atoms with Crippen LogP contribution in [0.3, 0.4) is 0 Å². The molecule has 2 atom stereocenters. The lowest BCUT2D eigenvalue weighted by Crippen LogP contribution is -2.26. The lowest BCUT2D eigenvalue weighted by atomic mass is 9.95. The molecule has 0 saturated heterocycles. The zero-order valence-electron chi connectivity index (χ0n) is 9.41. The maximum absolute atomic E-state index is 5.85. The van der Waals surface area contributed by atoms with Gasteiger partial charge in [-0.05, 0) is 25.3 Å². The molecule has 0 amide bonds. The standard InChI is InChI=1S/C11H22N2/c1-6-7-11(8-13(4)5)9(2)10(3)12/h6-10H,12H2,1-5H3/b7-6-,11-8+. The molecule has 0 aliphatic heterocycles. The van der Waals surface area contributed by atoms with Crippen LogP contribution in [0.4, 0.5) is 0 Å². The number of hydrogen-bond donors (Lipinski definition) is 1. The molecule has 2 unspecified atom stereocenters. The predicted octanol–water partition coefficient (Wildman–Crippen LogP) is 1.99. The van der Waals surface area contributed by atoms with E-state index in [-0.39, 0.29) is 6.04 Å². The van der Waals surface area contributed by atoms with Gasteiger partial charge < -0.3 is 10.6 Å². The number of hydrogen-bond acceptors (Lipinski definition) is 2. The van der Waals surface area contributed by atoms with Crippen LogP contribution in [0.15, 0.2) is 23.9 Å². The summed E-state index contributed by atoms with van der Waals surface area (Å²) < 4.78 is 0. The van der Waals surface area contributed by atoms with Crippen molar-refractivity contribution in [1.29, 1.82) is 0 Å². The molecule has 0 aromatic heterocycles. The van der Waals surface area contributed by atoms with Crippen LogP contribution in [-0.4, -0.2) is 25.0 Å². The molecule has 0 rings (SSSR count). The summed E-state index contributed by atoms with van der Waals surface area (Å²) >= 11 is 0. The van der Waals surface area contributed by atoms with Gasteiger partial charge in [-0.25, -0.2) is 0 Å². The van der Waals surface area contributed by atoms with Crippen LogP contribution in [-0.2, 0) is 0 Å². The van der Waals surface area contributed by atoms with Gasteiger partial charge in [0.1, 0.15) is 0 Å². The Morgan fingerprint density at radius 2 is 1.85 bits per heavy atom. The first-order valence-electron chi connectivity index (χ1n) is 4.75. The minimum absolute atomic E-state index is 0.197. The topological polar surface area (TPSA) is 29.3 Å². The summed E-state index contributed by atoms with van der Waals surface area (Å²) in [6.45, 7) is 6.22. The second-order valence-corrected chi connectivity index (χ2v) is 3.74. The first-order valence-corrected chi connectivity index (χ1v) is 4.75. The molecule has 2 N–H and O–H groups in total. The SMILES string of the molecule is C/C=C\C(=C/N(C)C)C(C)C(C)N. The zero-order valence-corrected chi connectivity index (χ0v) is 9.41. The van der Waals surface area contributed by atoms with Gasteiger partial charge in [-0.15, -0.1) is 0 Å². The van der Waals surface area contributed by atoms with Crippen LogP contribution >= 0.6 is 0 Å². The van der Waals surface area contributed by atoms with Crippen LogP contribution in [0.25, 0.3) is 0 Å². The number of nitrogens with zero attached hydrogens (tertiary/aromatic N) is 1. The van der Waals surface area contributed by atoms with E-state index in [0.29, 0.717) is 5.92 Å². The molecule has 0 fully saturated rings. The van der Waals surface area contributed by atoms with Gasteiger partial charge in [-0.3, -0.25) is 0 Å². The van der Waals surface area contributed by atoms with Gasteiger partial charge in [0.15, 0.2) is 0 Å². The Kier molecular flexibility index (Phi) is 5.47. The maximum Gasteiger partial charge on any atom is 0.00772 e. The van der Waals surface area contributed by atoms with Crippen molar-refractivity contribution >= 4 is 0 Å². The Bertz CT molecular complexity index is 190. The summed E-state index contributed by atoms with van der Waals surface area (Å²) in [7, 11) is 4.05. The average molecular weight is 182 g/mol. The van der Waals surface area contributed by atoms with E-state index in [0.717, 1.165) is 0 Å². The average Bonchev–Trinajstić information content (AvgIpc) is 2.01.